The van der Waals surface area contributed by atoms with Crippen LogP contribution in [-0.4, -0.2) is 34.6 Å². The number of benzene rings is 1. The minimum absolute atomic E-state index is 0.206. The second-order valence-electron chi connectivity index (χ2n) is 9.02. The van der Waals surface area contributed by atoms with Gasteiger partial charge in [0.2, 0.25) is 5.89 Å². The number of fused-ring (bicyclic) bond motifs is 1. The number of rotatable bonds is 4. The van der Waals surface area contributed by atoms with E-state index in [2.05, 4.69) is 40.1 Å². The van der Waals surface area contributed by atoms with Crippen molar-refractivity contribution >= 4 is 23.1 Å². The van der Waals surface area contributed by atoms with Gasteiger partial charge in [0.25, 0.3) is 5.91 Å². The lowest BCUT2D eigenvalue weighted by Gasteiger charge is -2.31. The van der Waals surface area contributed by atoms with E-state index in [-0.39, 0.29) is 17.2 Å². The molecule has 1 amide bonds. The molecule has 1 saturated heterocycles. The van der Waals surface area contributed by atoms with Crippen LogP contribution in [0.5, 0.6) is 5.75 Å². The molecule has 0 unspecified atom stereocenters. The average molecular weight is 434 g/mol. The number of pyridine rings is 1. The van der Waals surface area contributed by atoms with Crippen molar-refractivity contribution in [2.24, 2.45) is 0 Å². The smallest absolute Gasteiger partial charge is 0.277 e. The molecule has 2 aliphatic heterocycles. The van der Waals surface area contributed by atoms with Crippen molar-refractivity contribution in [2.75, 3.05) is 29.0 Å². The van der Waals surface area contributed by atoms with Crippen molar-refractivity contribution in [3.63, 3.8) is 0 Å². The number of hydrogen-bond acceptors (Lipinski definition) is 7. The Morgan fingerprint density at radius 3 is 2.78 bits per heavy atom. The molecule has 8 nitrogen and oxygen atoms in total. The quantitative estimate of drug-likeness (QED) is 0.633. The summed E-state index contributed by atoms with van der Waals surface area (Å²) < 4.78 is 11.7. The van der Waals surface area contributed by atoms with Crippen LogP contribution in [0, 0.1) is 0 Å². The molecule has 0 bridgehead atoms. The summed E-state index contributed by atoms with van der Waals surface area (Å²) >= 11 is 0. The lowest BCUT2D eigenvalue weighted by Crippen LogP contribution is -2.30. The van der Waals surface area contributed by atoms with E-state index >= 15 is 0 Å². The van der Waals surface area contributed by atoms with E-state index in [0.717, 1.165) is 55.0 Å². The highest BCUT2D eigenvalue weighted by molar-refractivity contribution is 6.05. The summed E-state index contributed by atoms with van der Waals surface area (Å²) in [4.78, 5) is 23.7. The number of nitrogens with zero attached hydrogens (tertiary/aromatic N) is 3. The molecule has 0 atom stereocenters. The summed E-state index contributed by atoms with van der Waals surface area (Å²) in [6.07, 6.45) is 7.24. The first-order valence-corrected chi connectivity index (χ1v) is 11.0. The largest absolute Gasteiger partial charge is 0.487 e. The molecule has 32 heavy (non-hydrogen) atoms. The standard InChI is InChI=1S/C24H27N5O3/c1-24(2)13-16-10-17(19(12-20(16)32-24)29-8-4-3-5-9-29)27-22(30)18-14-31-23(28-18)15-6-7-26-21(25)11-15/h6-7,10-12,14H,3-5,8-9,13H2,1-2H3,(H2,25,26)(H,27,30). The summed E-state index contributed by atoms with van der Waals surface area (Å²) in [6, 6.07) is 7.50. The van der Waals surface area contributed by atoms with Crippen LogP contribution in [0.25, 0.3) is 11.5 Å². The van der Waals surface area contributed by atoms with E-state index in [9.17, 15) is 4.79 Å². The summed E-state index contributed by atoms with van der Waals surface area (Å²) in [5, 5.41) is 3.06. The van der Waals surface area contributed by atoms with Gasteiger partial charge in [-0.1, -0.05) is 0 Å². The van der Waals surface area contributed by atoms with Gasteiger partial charge in [0, 0.05) is 42.9 Å². The van der Waals surface area contributed by atoms with Crippen molar-refractivity contribution in [1.29, 1.82) is 0 Å². The Balaban J connectivity index is 1.44. The van der Waals surface area contributed by atoms with Gasteiger partial charge in [-0.3, -0.25) is 4.79 Å². The van der Waals surface area contributed by atoms with Gasteiger partial charge in [-0.05, 0) is 51.3 Å². The van der Waals surface area contributed by atoms with Crippen molar-refractivity contribution < 1.29 is 13.9 Å². The highest BCUT2D eigenvalue weighted by Gasteiger charge is 2.32. The number of ether oxygens (including phenoxy) is 1. The van der Waals surface area contributed by atoms with E-state index in [0.29, 0.717) is 17.3 Å². The highest BCUT2D eigenvalue weighted by Crippen LogP contribution is 2.42. The molecule has 1 fully saturated rings. The maximum absolute atomic E-state index is 13.1. The van der Waals surface area contributed by atoms with Crippen molar-refractivity contribution in [2.45, 2.75) is 45.1 Å². The first-order valence-electron chi connectivity index (χ1n) is 11.0. The number of piperidine rings is 1. The van der Waals surface area contributed by atoms with E-state index in [1.54, 1.807) is 18.3 Å². The Hall–Kier alpha value is -3.55. The normalized spacial score (nSPS) is 17.0. The summed E-state index contributed by atoms with van der Waals surface area (Å²) in [5.41, 5.74) is 9.22. The monoisotopic (exact) mass is 433 g/mol. The number of carbonyl (C=O) groups excluding carboxylic acids is 1. The molecule has 3 N–H and O–H groups in total. The molecule has 4 heterocycles. The van der Waals surface area contributed by atoms with Gasteiger partial charge in [0.1, 0.15) is 23.4 Å². The topological polar surface area (TPSA) is 107 Å². The number of aromatic nitrogens is 2. The van der Waals surface area contributed by atoms with Crippen molar-refractivity contribution in [3.05, 3.63) is 48.0 Å². The second kappa shape index (κ2) is 7.85. The number of anilines is 3. The van der Waals surface area contributed by atoms with E-state index in [1.807, 2.05) is 6.07 Å². The zero-order chi connectivity index (χ0) is 22.3. The molecule has 8 heteroatoms. The van der Waals surface area contributed by atoms with Crippen LogP contribution < -0.4 is 20.7 Å². The Morgan fingerprint density at radius 1 is 1.19 bits per heavy atom. The first kappa shape index (κ1) is 20.4. The number of amides is 1. The molecule has 0 spiro atoms. The molecule has 2 aliphatic rings. The van der Waals surface area contributed by atoms with Crippen LogP contribution in [0.4, 0.5) is 17.2 Å². The van der Waals surface area contributed by atoms with Gasteiger partial charge in [-0.25, -0.2) is 9.97 Å². The second-order valence-corrected chi connectivity index (χ2v) is 9.02. The lowest BCUT2D eigenvalue weighted by molar-refractivity contribution is 0.102. The van der Waals surface area contributed by atoms with Crippen molar-refractivity contribution in [3.8, 4) is 17.2 Å². The SMILES string of the molecule is CC1(C)Cc2cc(NC(=O)c3coc(-c4ccnc(N)c4)n3)c(N3CCCCC3)cc2O1. The van der Waals surface area contributed by atoms with Crippen LogP contribution in [0.2, 0.25) is 0 Å². The lowest BCUT2D eigenvalue weighted by atomic mass is 10.00. The van der Waals surface area contributed by atoms with Gasteiger partial charge in [0.15, 0.2) is 5.69 Å². The number of nitrogen functional groups attached to an aromatic ring is 1. The molecule has 1 aromatic carbocycles. The first-order chi connectivity index (χ1) is 15.4. The Morgan fingerprint density at radius 2 is 2.00 bits per heavy atom. The maximum Gasteiger partial charge on any atom is 0.277 e. The fraction of sp³-hybridized carbons (Fsp3) is 0.375. The van der Waals surface area contributed by atoms with Gasteiger partial charge < -0.3 is 25.1 Å². The van der Waals surface area contributed by atoms with Gasteiger partial charge in [0.05, 0.1) is 11.4 Å². The summed E-state index contributed by atoms with van der Waals surface area (Å²) in [5.74, 6) is 1.26. The Labute approximate surface area is 186 Å². The molecule has 0 radical (unpaired) electrons. The Bertz CT molecular complexity index is 1160. The molecule has 0 aliphatic carbocycles. The molecule has 3 aromatic rings. The number of oxazole rings is 1. The fourth-order valence-electron chi connectivity index (χ4n) is 4.41. The van der Waals surface area contributed by atoms with E-state index in [4.69, 9.17) is 14.9 Å². The third-order valence-electron chi connectivity index (χ3n) is 5.89. The fourth-order valence-corrected chi connectivity index (χ4v) is 4.41. The van der Waals surface area contributed by atoms with Crippen LogP contribution in [0.3, 0.4) is 0 Å². The van der Waals surface area contributed by atoms with Crippen LogP contribution in [0.1, 0.15) is 49.2 Å². The highest BCUT2D eigenvalue weighted by atomic mass is 16.5. The third kappa shape index (κ3) is 4.00. The average Bonchev–Trinajstić information content (AvgIpc) is 3.37. The Kier molecular flexibility index (Phi) is 5.00. The molecule has 0 saturated carbocycles. The zero-order valence-corrected chi connectivity index (χ0v) is 18.4. The van der Waals surface area contributed by atoms with E-state index < -0.39 is 0 Å². The minimum Gasteiger partial charge on any atom is -0.487 e. The summed E-state index contributed by atoms with van der Waals surface area (Å²) in [6.45, 7) is 6.08. The number of carbonyl (C=O) groups is 1. The number of nitrogens with two attached hydrogens (primary N) is 1. The minimum atomic E-state index is -0.321. The molecule has 166 valence electrons. The molecular formula is C24H27N5O3. The van der Waals surface area contributed by atoms with E-state index in [1.165, 1.54) is 12.7 Å². The van der Waals surface area contributed by atoms with Gasteiger partial charge in [-0.15, -0.1) is 0 Å². The van der Waals surface area contributed by atoms with Crippen LogP contribution in [-0.2, 0) is 6.42 Å². The third-order valence-corrected chi connectivity index (χ3v) is 5.89. The molecular weight excluding hydrogens is 406 g/mol. The van der Waals surface area contributed by atoms with Crippen LogP contribution in [0.15, 0.2) is 41.1 Å². The maximum atomic E-state index is 13.1. The van der Waals surface area contributed by atoms with Crippen LogP contribution >= 0.6 is 0 Å². The van der Waals surface area contributed by atoms with Crippen molar-refractivity contribution in [1.82, 2.24) is 9.97 Å². The number of hydrogen-bond donors (Lipinski definition) is 2. The van der Waals surface area contributed by atoms with Gasteiger partial charge in [-0.2, -0.15) is 0 Å². The summed E-state index contributed by atoms with van der Waals surface area (Å²) in [7, 11) is 0. The zero-order valence-electron chi connectivity index (χ0n) is 18.4. The molecule has 5 rings (SSSR count). The predicted octanol–water partition coefficient (Wildman–Crippen LogP) is 4.27. The molecule has 2 aromatic heterocycles. The number of nitrogens with one attached hydrogen (secondary N) is 1. The van der Waals surface area contributed by atoms with Gasteiger partial charge >= 0.3 is 0 Å². The predicted molar refractivity (Wildman–Crippen MR) is 123 cm³/mol.